The van der Waals surface area contributed by atoms with Gasteiger partial charge in [-0.05, 0) is 72.5 Å². The van der Waals surface area contributed by atoms with E-state index in [1.807, 2.05) is 78.5 Å². The summed E-state index contributed by atoms with van der Waals surface area (Å²) in [5.74, 6) is 0.509. The molecule has 2 saturated heterocycles. The van der Waals surface area contributed by atoms with Crippen LogP contribution in [0.25, 0.3) is 0 Å². The zero-order valence-electron chi connectivity index (χ0n) is 23.9. The fourth-order valence-electron chi connectivity index (χ4n) is 5.54. The molecule has 0 radical (unpaired) electrons. The molecule has 2 aliphatic heterocycles. The predicted molar refractivity (Wildman–Crippen MR) is 172 cm³/mol. The van der Waals surface area contributed by atoms with Gasteiger partial charge in [-0.3, -0.25) is 9.59 Å². The van der Waals surface area contributed by atoms with Gasteiger partial charge in [0.1, 0.15) is 11.4 Å². The molecular weight excluding hydrogens is 570 g/mol. The van der Waals surface area contributed by atoms with Crippen molar-refractivity contribution in [1.82, 2.24) is 15.1 Å². The number of rotatable bonds is 9. The molecule has 1 unspecified atom stereocenters. The van der Waals surface area contributed by atoms with E-state index in [0.29, 0.717) is 47.3 Å². The Hall–Kier alpha value is -3.63. The molecule has 2 aliphatic rings. The number of nitrogens with zero attached hydrogens (tertiary/aromatic N) is 3. The lowest BCUT2D eigenvalue weighted by Crippen LogP contribution is -2.62. The Morgan fingerprint density at radius 1 is 1.02 bits per heavy atom. The first-order chi connectivity index (χ1) is 20.3. The molecule has 2 heterocycles. The Morgan fingerprint density at radius 3 is 2.36 bits per heavy atom. The van der Waals surface area contributed by atoms with Crippen molar-refractivity contribution < 1.29 is 14.0 Å². The maximum atomic E-state index is 15.0. The Bertz CT molecular complexity index is 1410. The SMILES string of the molecule is CN(C)c1ccc(NC(=O)C2(N(Cc3ccccc3F)C(=O)CN3CC(c4ccccc4)NC3=S)CCSCC2)cc1. The van der Waals surface area contributed by atoms with E-state index in [-0.39, 0.29) is 30.9 Å². The van der Waals surface area contributed by atoms with Gasteiger partial charge in [0.05, 0.1) is 12.6 Å². The molecule has 1 atom stereocenters. The van der Waals surface area contributed by atoms with Crippen molar-refractivity contribution in [2.24, 2.45) is 0 Å². The summed E-state index contributed by atoms with van der Waals surface area (Å²) in [6.45, 7) is 0.498. The van der Waals surface area contributed by atoms with Crippen LogP contribution in [0.1, 0.15) is 30.0 Å². The summed E-state index contributed by atoms with van der Waals surface area (Å²) < 4.78 is 15.0. The maximum absolute atomic E-state index is 15.0. The van der Waals surface area contributed by atoms with Crippen LogP contribution >= 0.6 is 24.0 Å². The van der Waals surface area contributed by atoms with E-state index in [0.717, 1.165) is 11.3 Å². The maximum Gasteiger partial charge on any atom is 0.250 e. The number of nitrogens with one attached hydrogen (secondary N) is 2. The lowest BCUT2D eigenvalue weighted by atomic mass is 9.87. The number of thioether (sulfide) groups is 1. The number of carbonyl (C=O) groups is 2. The summed E-state index contributed by atoms with van der Waals surface area (Å²) in [7, 11) is 3.91. The number of anilines is 2. The molecule has 42 heavy (non-hydrogen) atoms. The molecule has 0 bridgehead atoms. The number of hydrogen-bond acceptors (Lipinski definition) is 5. The van der Waals surface area contributed by atoms with Gasteiger partial charge in [0.2, 0.25) is 11.8 Å². The third-order valence-corrected chi connectivity index (χ3v) is 9.37. The Kier molecular flexibility index (Phi) is 9.33. The molecule has 220 valence electrons. The quantitative estimate of drug-likeness (QED) is 0.331. The third-order valence-electron chi connectivity index (χ3n) is 8.00. The van der Waals surface area contributed by atoms with Crippen LogP contribution in [-0.4, -0.2) is 71.0 Å². The van der Waals surface area contributed by atoms with Crippen molar-refractivity contribution >= 4 is 52.3 Å². The molecule has 0 spiro atoms. The lowest BCUT2D eigenvalue weighted by molar-refractivity contribution is -0.147. The highest BCUT2D eigenvalue weighted by atomic mass is 32.2. The Balaban J connectivity index is 1.44. The van der Waals surface area contributed by atoms with Gasteiger partial charge in [-0.25, -0.2) is 4.39 Å². The molecule has 2 N–H and O–H groups in total. The van der Waals surface area contributed by atoms with E-state index < -0.39 is 11.4 Å². The third kappa shape index (κ3) is 6.55. The van der Waals surface area contributed by atoms with Crippen LogP contribution in [0.4, 0.5) is 15.8 Å². The van der Waals surface area contributed by atoms with Gasteiger partial charge in [-0.15, -0.1) is 0 Å². The molecule has 0 saturated carbocycles. The van der Waals surface area contributed by atoms with Crippen LogP contribution < -0.4 is 15.5 Å². The van der Waals surface area contributed by atoms with Gasteiger partial charge in [-0.2, -0.15) is 11.8 Å². The van der Waals surface area contributed by atoms with Gasteiger partial charge in [0.25, 0.3) is 0 Å². The normalized spacial score (nSPS) is 17.8. The van der Waals surface area contributed by atoms with E-state index >= 15 is 0 Å². The van der Waals surface area contributed by atoms with Gasteiger partial charge in [-0.1, -0.05) is 48.5 Å². The number of amides is 2. The van der Waals surface area contributed by atoms with Gasteiger partial charge in [0.15, 0.2) is 5.11 Å². The number of carbonyl (C=O) groups excluding carboxylic acids is 2. The van der Waals surface area contributed by atoms with Crippen LogP contribution in [0.3, 0.4) is 0 Å². The molecule has 3 aromatic carbocycles. The average molecular weight is 606 g/mol. The smallest absolute Gasteiger partial charge is 0.250 e. The second kappa shape index (κ2) is 13.1. The summed E-state index contributed by atoms with van der Waals surface area (Å²) in [5.41, 5.74) is 1.97. The molecule has 5 rings (SSSR count). The molecule has 0 aromatic heterocycles. The largest absolute Gasteiger partial charge is 0.378 e. The summed E-state index contributed by atoms with van der Waals surface area (Å²) in [6, 6.07) is 24.0. The zero-order chi connectivity index (χ0) is 29.7. The van der Waals surface area contributed by atoms with E-state index in [2.05, 4.69) is 10.6 Å². The first-order valence-corrected chi connectivity index (χ1v) is 15.6. The van der Waals surface area contributed by atoms with Crippen LogP contribution in [-0.2, 0) is 16.1 Å². The molecule has 3 aromatic rings. The van der Waals surface area contributed by atoms with Crippen LogP contribution in [0, 0.1) is 5.82 Å². The van der Waals surface area contributed by atoms with Gasteiger partial charge >= 0.3 is 0 Å². The van der Waals surface area contributed by atoms with E-state index in [1.165, 1.54) is 6.07 Å². The van der Waals surface area contributed by atoms with E-state index in [1.54, 1.807) is 34.9 Å². The van der Waals surface area contributed by atoms with Gasteiger partial charge < -0.3 is 25.3 Å². The number of benzene rings is 3. The van der Waals surface area contributed by atoms with Gasteiger partial charge in [0, 0.05) is 44.1 Å². The van der Waals surface area contributed by atoms with E-state index in [9.17, 15) is 14.0 Å². The zero-order valence-corrected chi connectivity index (χ0v) is 25.5. The van der Waals surface area contributed by atoms with E-state index in [4.69, 9.17) is 12.2 Å². The van der Waals surface area contributed by atoms with Crippen LogP contribution in [0.2, 0.25) is 0 Å². The minimum absolute atomic E-state index is 0.0106. The average Bonchev–Trinajstić information content (AvgIpc) is 3.37. The molecule has 7 nitrogen and oxygen atoms in total. The number of hydrogen-bond donors (Lipinski definition) is 2. The molecule has 0 aliphatic carbocycles. The van der Waals surface area contributed by atoms with Crippen molar-refractivity contribution in [3.05, 3.63) is 95.8 Å². The minimum atomic E-state index is -1.14. The summed E-state index contributed by atoms with van der Waals surface area (Å²) >= 11 is 7.38. The van der Waals surface area contributed by atoms with Crippen molar-refractivity contribution in [2.45, 2.75) is 31.0 Å². The summed E-state index contributed by atoms with van der Waals surface area (Å²) in [6.07, 6.45) is 0.934. The highest BCUT2D eigenvalue weighted by Gasteiger charge is 2.48. The topological polar surface area (TPSA) is 67.9 Å². The highest BCUT2D eigenvalue weighted by molar-refractivity contribution is 7.99. The standard InChI is InChI=1S/C32H36FN5O2S2/c1-36(2)26-14-12-25(13-15-26)34-30(40)32(16-18-42-19-17-32)38(20-24-10-6-7-11-27(24)33)29(39)22-37-21-28(35-31(37)41)23-8-4-3-5-9-23/h3-15,28H,16-22H2,1-2H3,(H,34,40)(H,35,41). The second-order valence-electron chi connectivity index (χ2n) is 10.9. The monoisotopic (exact) mass is 605 g/mol. The number of halogens is 1. The lowest BCUT2D eigenvalue weighted by Gasteiger charge is -2.45. The number of thiocarbonyl (C=S) groups is 1. The van der Waals surface area contributed by atoms with Crippen LogP contribution in [0.15, 0.2) is 78.9 Å². The highest BCUT2D eigenvalue weighted by Crippen LogP contribution is 2.36. The summed E-state index contributed by atoms with van der Waals surface area (Å²) in [5, 5.41) is 6.89. The molecule has 10 heteroatoms. The molecule has 2 amide bonds. The Labute approximate surface area is 256 Å². The van der Waals surface area contributed by atoms with Crippen LogP contribution in [0.5, 0.6) is 0 Å². The fraction of sp³-hybridized carbons (Fsp3) is 0.344. The minimum Gasteiger partial charge on any atom is -0.378 e. The van der Waals surface area contributed by atoms with Crippen molar-refractivity contribution in [3.63, 3.8) is 0 Å². The summed E-state index contributed by atoms with van der Waals surface area (Å²) in [4.78, 5) is 33.9. The first kappa shape index (κ1) is 29.8. The predicted octanol–water partition coefficient (Wildman–Crippen LogP) is 5.06. The molecular formula is C32H36FN5O2S2. The second-order valence-corrected chi connectivity index (χ2v) is 12.5. The first-order valence-electron chi connectivity index (χ1n) is 14.1. The fourth-order valence-corrected chi connectivity index (χ4v) is 6.99. The van der Waals surface area contributed by atoms with Crippen molar-refractivity contribution in [1.29, 1.82) is 0 Å². The van der Waals surface area contributed by atoms with Crippen molar-refractivity contribution in [2.75, 3.05) is 48.9 Å². The Morgan fingerprint density at radius 2 is 1.69 bits per heavy atom. The van der Waals surface area contributed by atoms with Crippen molar-refractivity contribution in [3.8, 4) is 0 Å². The molecule has 2 fully saturated rings.